The average molecular weight is 373 g/mol. The van der Waals surface area contributed by atoms with E-state index in [1.807, 2.05) is 30.3 Å². The van der Waals surface area contributed by atoms with E-state index in [1.165, 1.54) is 19.1 Å². The molecule has 0 fully saturated rings. The standard InChI is InChI=1S/C11H15NO2.C9H8O4/c1-2-14-11(13)10(12)8-9-6-4-3-5-7-9;1-6(10)13-8-5-3-2-4-7(8)9(11)12/h3-7,10H,2,8,12H2,1H3;2-5H,1H3,(H,11,12). The molecule has 7 nitrogen and oxygen atoms in total. The van der Waals surface area contributed by atoms with Gasteiger partial charge < -0.3 is 20.3 Å². The Bertz CT molecular complexity index is 760. The molecule has 0 aromatic heterocycles. The van der Waals surface area contributed by atoms with Crippen LogP contribution in [0.15, 0.2) is 54.6 Å². The molecule has 1 unspecified atom stereocenters. The SMILES string of the molecule is CC(=O)Oc1ccccc1C(=O)O.CCOC(=O)C(N)Cc1ccccc1. The fraction of sp³-hybridized carbons (Fsp3) is 0.250. The number of nitrogens with two attached hydrogens (primary N) is 1. The number of carboxylic acid groups (broad SMARTS) is 1. The van der Waals surface area contributed by atoms with Gasteiger partial charge >= 0.3 is 17.9 Å². The van der Waals surface area contributed by atoms with Crippen LogP contribution in [0.25, 0.3) is 0 Å². The molecule has 1 atom stereocenters. The van der Waals surface area contributed by atoms with Gasteiger partial charge in [-0.15, -0.1) is 0 Å². The van der Waals surface area contributed by atoms with Crippen LogP contribution in [-0.2, 0) is 20.7 Å². The number of carboxylic acids is 1. The van der Waals surface area contributed by atoms with Crippen LogP contribution in [0.2, 0.25) is 0 Å². The van der Waals surface area contributed by atoms with Crippen molar-refractivity contribution < 1.29 is 29.0 Å². The monoisotopic (exact) mass is 373 g/mol. The van der Waals surface area contributed by atoms with Gasteiger partial charge in [0.1, 0.15) is 17.4 Å². The maximum Gasteiger partial charge on any atom is 0.339 e. The summed E-state index contributed by atoms with van der Waals surface area (Å²) in [5, 5.41) is 8.69. The first-order chi connectivity index (χ1) is 12.8. The molecule has 7 heteroatoms. The van der Waals surface area contributed by atoms with Crippen molar-refractivity contribution in [1.29, 1.82) is 0 Å². The van der Waals surface area contributed by atoms with E-state index in [2.05, 4.69) is 4.74 Å². The lowest BCUT2D eigenvalue weighted by atomic mass is 10.1. The third-order valence-corrected chi connectivity index (χ3v) is 3.26. The van der Waals surface area contributed by atoms with Gasteiger partial charge in [-0.2, -0.15) is 0 Å². The number of para-hydroxylation sites is 1. The molecular formula is C20H23NO6. The smallest absolute Gasteiger partial charge is 0.339 e. The molecule has 0 aliphatic carbocycles. The van der Waals surface area contributed by atoms with Crippen molar-refractivity contribution in [1.82, 2.24) is 0 Å². The number of hydrogen-bond donors (Lipinski definition) is 2. The molecule has 0 heterocycles. The lowest BCUT2D eigenvalue weighted by Crippen LogP contribution is -2.34. The minimum atomic E-state index is -1.11. The zero-order valence-corrected chi connectivity index (χ0v) is 15.3. The molecular weight excluding hydrogens is 350 g/mol. The summed E-state index contributed by atoms with van der Waals surface area (Å²) in [4.78, 5) is 32.4. The normalized spacial score (nSPS) is 10.8. The Hall–Kier alpha value is -3.19. The van der Waals surface area contributed by atoms with Gasteiger partial charge in [0, 0.05) is 6.92 Å². The molecule has 0 spiro atoms. The first kappa shape index (κ1) is 21.9. The van der Waals surface area contributed by atoms with Crippen LogP contribution >= 0.6 is 0 Å². The van der Waals surface area contributed by atoms with Gasteiger partial charge in [0.2, 0.25) is 0 Å². The highest BCUT2D eigenvalue weighted by atomic mass is 16.5. The van der Waals surface area contributed by atoms with Gasteiger partial charge in [-0.3, -0.25) is 9.59 Å². The molecule has 0 saturated carbocycles. The molecule has 2 rings (SSSR count). The van der Waals surface area contributed by atoms with Crippen molar-refractivity contribution in [3.05, 3.63) is 65.7 Å². The quantitative estimate of drug-likeness (QED) is 0.590. The number of hydrogen-bond acceptors (Lipinski definition) is 6. The Morgan fingerprint density at radius 1 is 1.04 bits per heavy atom. The molecule has 0 aliphatic rings. The minimum Gasteiger partial charge on any atom is -0.478 e. The van der Waals surface area contributed by atoms with E-state index >= 15 is 0 Å². The van der Waals surface area contributed by atoms with Gasteiger partial charge in [-0.05, 0) is 31.0 Å². The van der Waals surface area contributed by atoms with Crippen molar-refractivity contribution in [2.45, 2.75) is 26.3 Å². The summed E-state index contributed by atoms with van der Waals surface area (Å²) >= 11 is 0. The van der Waals surface area contributed by atoms with Gasteiger partial charge in [0.25, 0.3) is 0 Å². The van der Waals surface area contributed by atoms with Crippen molar-refractivity contribution in [3.63, 3.8) is 0 Å². The third kappa shape index (κ3) is 8.15. The first-order valence-corrected chi connectivity index (χ1v) is 8.32. The van der Waals surface area contributed by atoms with Crippen molar-refractivity contribution in [2.75, 3.05) is 6.61 Å². The van der Waals surface area contributed by atoms with E-state index < -0.39 is 18.0 Å². The van der Waals surface area contributed by atoms with E-state index in [9.17, 15) is 14.4 Å². The number of ether oxygens (including phenoxy) is 2. The fourth-order valence-corrected chi connectivity index (χ4v) is 2.09. The predicted octanol–water partition coefficient (Wildman–Crippen LogP) is 2.43. The summed E-state index contributed by atoms with van der Waals surface area (Å²) in [6, 6.07) is 15.1. The molecule has 2 aromatic rings. The molecule has 0 saturated heterocycles. The lowest BCUT2D eigenvalue weighted by Gasteiger charge is -2.09. The summed E-state index contributed by atoms with van der Waals surface area (Å²) in [6.45, 7) is 3.37. The molecule has 0 aliphatic heterocycles. The Morgan fingerprint density at radius 3 is 2.19 bits per heavy atom. The molecule has 0 radical (unpaired) electrons. The minimum absolute atomic E-state index is 0.0160. The molecule has 0 bridgehead atoms. The van der Waals surface area contributed by atoms with E-state index in [0.29, 0.717) is 13.0 Å². The third-order valence-electron chi connectivity index (χ3n) is 3.26. The summed E-state index contributed by atoms with van der Waals surface area (Å²) in [5.41, 5.74) is 6.69. The predicted molar refractivity (Wildman–Crippen MR) is 99.5 cm³/mol. The number of carbonyl (C=O) groups is 3. The van der Waals surface area contributed by atoms with Crippen molar-refractivity contribution >= 4 is 17.9 Å². The van der Waals surface area contributed by atoms with E-state index in [1.54, 1.807) is 19.1 Å². The highest BCUT2D eigenvalue weighted by molar-refractivity contribution is 5.91. The van der Waals surface area contributed by atoms with Crippen molar-refractivity contribution in [3.8, 4) is 5.75 Å². The van der Waals surface area contributed by atoms with Crippen LogP contribution in [0.4, 0.5) is 0 Å². The Balaban J connectivity index is 0.000000271. The molecule has 27 heavy (non-hydrogen) atoms. The molecule has 0 amide bonds. The van der Waals surface area contributed by atoms with Gasteiger partial charge in [0.15, 0.2) is 0 Å². The van der Waals surface area contributed by atoms with Crippen molar-refractivity contribution in [2.24, 2.45) is 5.73 Å². The van der Waals surface area contributed by atoms with Gasteiger partial charge in [-0.1, -0.05) is 42.5 Å². The summed E-state index contributed by atoms with van der Waals surface area (Å²) in [5.74, 6) is -1.91. The second-order valence-electron chi connectivity index (χ2n) is 5.44. The van der Waals surface area contributed by atoms with Crippen LogP contribution in [0.3, 0.4) is 0 Å². The van der Waals surface area contributed by atoms with Crippen LogP contribution in [0.1, 0.15) is 29.8 Å². The Labute approximate surface area is 157 Å². The number of carbonyl (C=O) groups excluding carboxylic acids is 2. The topological polar surface area (TPSA) is 116 Å². The first-order valence-electron chi connectivity index (χ1n) is 8.32. The number of benzene rings is 2. The second-order valence-corrected chi connectivity index (χ2v) is 5.44. The zero-order valence-electron chi connectivity index (χ0n) is 15.3. The van der Waals surface area contributed by atoms with Gasteiger partial charge in [0.05, 0.1) is 6.61 Å². The molecule has 2 aromatic carbocycles. The Kier molecular flexibility index (Phi) is 9.25. The van der Waals surface area contributed by atoms with Crippen LogP contribution < -0.4 is 10.5 Å². The average Bonchev–Trinajstić information content (AvgIpc) is 2.63. The van der Waals surface area contributed by atoms with E-state index in [4.69, 9.17) is 15.6 Å². The zero-order chi connectivity index (χ0) is 20.2. The van der Waals surface area contributed by atoms with E-state index in [0.717, 1.165) is 5.56 Å². The molecule has 144 valence electrons. The Morgan fingerprint density at radius 2 is 1.63 bits per heavy atom. The van der Waals surface area contributed by atoms with Gasteiger partial charge in [-0.25, -0.2) is 4.79 Å². The maximum atomic E-state index is 11.2. The molecule has 3 N–H and O–H groups in total. The second kappa shape index (κ2) is 11.4. The largest absolute Gasteiger partial charge is 0.478 e. The summed E-state index contributed by atoms with van der Waals surface area (Å²) in [6.07, 6.45) is 0.527. The number of esters is 2. The van der Waals surface area contributed by atoms with E-state index in [-0.39, 0.29) is 17.3 Å². The summed E-state index contributed by atoms with van der Waals surface area (Å²) in [7, 11) is 0. The highest BCUT2D eigenvalue weighted by Gasteiger charge is 2.14. The summed E-state index contributed by atoms with van der Waals surface area (Å²) < 4.78 is 9.50. The fourth-order valence-electron chi connectivity index (χ4n) is 2.09. The number of rotatable bonds is 6. The van der Waals surface area contributed by atoms with Crippen LogP contribution in [0, 0.1) is 0 Å². The van der Waals surface area contributed by atoms with Crippen LogP contribution in [-0.4, -0.2) is 35.7 Å². The van der Waals surface area contributed by atoms with Crippen LogP contribution in [0.5, 0.6) is 5.75 Å². The highest BCUT2D eigenvalue weighted by Crippen LogP contribution is 2.17. The lowest BCUT2D eigenvalue weighted by molar-refractivity contribution is -0.144. The number of aromatic carboxylic acids is 1. The maximum absolute atomic E-state index is 11.2.